The van der Waals surface area contributed by atoms with Gasteiger partial charge in [-0.1, -0.05) is 45.7 Å². The maximum atomic E-state index is 5.18. The SMILES string of the molecule is CCNC(c1cc(Br)ccc1Br)C(C)CCOC. The average Bonchev–Trinajstić information content (AvgIpc) is 2.36. The zero-order valence-corrected chi connectivity index (χ0v) is 14.3. The molecule has 0 saturated carbocycles. The van der Waals surface area contributed by atoms with Crippen LogP contribution < -0.4 is 5.32 Å². The van der Waals surface area contributed by atoms with E-state index in [0.717, 1.165) is 28.5 Å². The van der Waals surface area contributed by atoms with Crippen molar-refractivity contribution < 1.29 is 4.74 Å². The molecule has 18 heavy (non-hydrogen) atoms. The standard InChI is InChI=1S/C14H21Br2NO/c1-4-17-14(10(2)7-8-18-3)12-9-11(15)5-6-13(12)16/h5-6,9-10,14,17H,4,7-8H2,1-3H3. The molecule has 0 aromatic heterocycles. The molecular formula is C14H21Br2NO. The second kappa shape index (κ2) is 8.31. The van der Waals surface area contributed by atoms with Crippen molar-refractivity contribution in [2.45, 2.75) is 26.3 Å². The van der Waals surface area contributed by atoms with Crippen LogP contribution in [0.2, 0.25) is 0 Å². The summed E-state index contributed by atoms with van der Waals surface area (Å²) in [5.41, 5.74) is 1.30. The number of halogens is 2. The monoisotopic (exact) mass is 377 g/mol. The maximum absolute atomic E-state index is 5.18. The molecule has 2 unspecified atom stereocenters. The minimum atomic E-state index is 0.344. The molecule has 0 saturated heterocycles. The van der Waals surface area contributed by atoms with Crippen LogP contribution in [0.15, 0.2) is 27.1 Å². The molecule has 0 aliphatic heterocycles. The van der Waals surface area contributed by atoms with Crippen LogP contribution in [-0.4, -0.2) is 20.3 Å². The largest absolute Gasteiger partial charge is 0.385 e. The summed E-state index contributed by atoms with van der Waals surface area (Å²) in [6, 6.07) is 6.67. The van der Waals surface area contributed by atoms with Gasteiger partial charge in [-0.25, -0.2) is 0 Å². The van der Waals surface area contributed by atoms with Crippen LogP contribution in [0.25, 0.3) is 0 Å². The van der Waals surface area contributed by atoms with Crippen molar-refractivity contribution in [3.05, 3.63) is 32.7 Å². The minimum absolute atomic E-state index is 0.344. The molecule has 102 valence electrons. The zero-order chi connectivity index (χ0) is 13.5. The second-order valence-electron chi connectivity index (χ2n) is 4.46. The lowest BCUT2D eigenvalue weighted by Crippen LogP contribution is -2.28. The van der Waals surface area contributed by atoms with Gasteiger partial charge in [0.25, 0.3) is 0 Å². The van der Waals surface area contributed by atoms with Crippen LogP contribution in [0.1, 0.15) is 31.9 Å². The molecule has 0 aliphatic rings. The lowest BCUT2D eigenvalue weighted by atomic mass is 9.92. The molecule has 2 nitrogen and oxygen atoms in total. The highest BCUT2D eigenvalue weighted by molar-refractivity contribution is 9.11. The van der Waals surface area contributed by atoms with Gasteiger partial charge in [-0.3, -0.25) is 0 Å². The third-order valence-corrected chi connectivity index (χ3v) is 4.28. The molecule has 1 aromatic rings. The lowest BCUT2D eigenvalue weighted by Gasteiger charge is -2.26. The molecule has 0 aliphatic carbocycles. The van der Waals surface area contributed by atoms with Gasteiger partial charge in [-0.2, -0.15) is 0 Å². The molecular weight excluding hydrogens is 358 g/mol. The number of hydrogen-bond acceptors (Lipinski definition) is 2. The van der Waals surface area contributed by atoms with E-state index >= 15 is 0 Å². The smallest absolute Gasteiger partial charge is 0.0465 e. The van der Waals surface area contributed by atoms with Crippen molar-refractivity contribution >= 4 is 31.9 Å². The summed E-state index contributed by atoms with van der Waals surface area (Å²) in [6.07, 6.45) is 1.05. The number of methoxy groups -OCH3 is 1. The summed E-state index contributed by atoms with van der Waals surface area (Å²) in [7, 11) is 1.75. The van der Waals surface area contributed by atoms with Crippen molar-refractivity contribution in [2.75, 3.05) is 20.3 Å². The number of nitrogens with one attached hydrogen (secondary N) is 1. The van der Waals surface area contributed by atoms with E-state index in [4.69, 9.17) is 4.74 Å². The van der Waals surface area contributed by atoms with Gasteiger partial charge in [0.15, 0.2) is 0 Å². The number of hydrogen-bond donors (Lipinski definition) is 1. The fourth-order valence-electron chi connectivity index (χ4n) is 2.06. The molecule has 1 rings (SSSR count). The van der Waals surface area contributed by atoms with Gasteiger partial charge in [0.1, 0.15) is 0 Å². The highest BCUT2D eigenvalue weighted by atomic mass is 79.9. The van der Waals surface area contributed by atoms with Crippen LogP contribution in [-0.2, 0) is 4.74 Å². The second-order valence-corrected chi connectivity index (χ2v) is 6.23. The Morgan fingerprint density at radius 3 is 2.67 bits per heavy atom. The molecule has 0 bridgehead atoms. The summed E-state index contributed by atoms with van der Waals surface area (Å²) in [6.45, 7) is 6.16. The Kier molecular flexibility index (Phi) is 7.46. The first-order valence-electron chi connectivity index (χ1n) is 6.27. The van der Waals surface area contributed by atoms with Crippen LogP contribution >= 0.6 is 31.9 Å². The van der Waals surface area contributed by atoms with Gasteiger partial charge < -0.3 is 10.1 Å². The molecule has 0 heterocycles. The first-order valence-corrected chi connectivity index (χ1v) is 7.86. The normalized spacial score (nSPS) is 14.5. The number of ether oxygens (including phenoxy) is 1. The van der Waals surface area contributed by atoms with E-state index in [0.29, 0.717) is 12.0 Å². The Bertz CT molecular complexity index is 371. The van der Waals surface area contributed by atoms with E-state index in [-0.39, 0.29) is 0 Å². The van der Waals surface area contributed by atoms with E-state index in [1.54, 1.807) is 7.11 Å². The lowest BCUT2D eigenvalue weighted by molar-refractivity contribution is 0.170. The van der Waals surface area contributed by atoms with Crippen LogP contribution in [0.4, 0.5) is 0 Å². The summed E-state index contributed by atoms with van der Waals surface area (Å²) in [5.74, 6) is 0.524. The van der Waals surface area contributed by atoms with E-state index in [9.17, 15) is 0 Å². The van der Waals surface area contributed by atoms with Crippen molar-refractivity contribution in [1.82, 2.24) is 5.32 Å². The number of rotatable bonds is 7. The predicted molar refractivity (Wildman–Crippen MR) is 83.9 cm³/mol. The molecule has 0 amide bonds. The minimum Gasteiger partial charge on any atom is -0.385 e. The molecule has 2 atom stereocenters. The van der Waals surface area contributed by atoms with E-state index in [1.807, 2.05) is 0 Å². The van der Waals surface area contributed by atoms with E-state index in [1.165, 1.54) is 5.56 Å². The van der Waals surface area contributed by atoms with Gasteiger partial charge in [0.2, 0.25) is 0 Å². The first kappa shape index (κ1) is 16.2. The van der Waals surface area contributed by atoms with Gasteiger partial charge in [-0.15, -0.1) is 0 Å². The molecule has 0 radical (unpaired) electrons. The van der Waals surface area contributed by atoms with Crippen molar-refractivity contribution in [1.29, 1.82) is 0 Å². The fraction of sp³-hybridized carbons (Fsp3) is 0.571. The summed E-state index contributed by atoms with van der Waals surface area (Å²) >= 11 is 7.19. The van der Waals surface area contributed by atoms with Gasteiger partial charge in [0, 0.05) is 28.7 Å². The van der Waals surface area contributed by atoms with Gasteiger partial charge in [0.05, 0.1) is 0 Å². The van der Waals surface area contributed by atoms with Crippen molar-refractivity contribution in [3.63, 3.8) is 0 Å². The van der Waals surface area contributed by atoms with Gasteiger partial charge >= 0.3 is 0 Å². The number of benzene rings is 1. The van der Waals surface area contributed by atoms with E-state index in [2.05, 4.69) is 69.2 Å². The summed E-state index contributed by atoms with van der Waals surface area (Å²) < 4.78 is 7.45. The average molecular weight is 379 g/mol. The third-order valence-electron chi connectivity index (χ3n) is 3.06. The Labute approximate surface area is 127 Å². The topological polar surface area (TPSA) is 21.3 Å². The Morgan fingerprint density at radius 1 is 1.33 bits per heavy atom. The summed E-state index contributed by atoms with van der Waals surface area (Å²) in [5, 5.41) is 3.57. The Morgan fingerprint density at radius 2 is 2.06 bits per heavy atom. The highest BCUT2D eigenvalue weighted by Gasteiger charge is 2.20. The van der Waals surface area contributed by atoms with Crippen molar-refractivity contribution in [3.8, 4) is 0 Å². The Balaban J connectivity index is 2.92. The summed E-state index contributed by atoms with van der Waals surface area (Å²) in [4.78, 5) is 0. The molecule has 1 N–H and O–H groups in total. The zero-order valence-electron chi connectivity index (χ0n) is 11.2. The van der Waals surface area contributed by atoms with Crippen LogP contribution in [0.5, 0.6) is 0 Å². The van der Waals surface area contributed by atoms with E-state index < -0.39 is 0 Å². The van der Waals surface area contributed by atoms with Crippen LogP contribution in [0.3, 0.4) is 0 Å². The molecule has 4 heteroatoms. The maximum Gasteiger partial charge on any atom is 0.0465 e. The predicted octanol–water partition coefficient (Wildman–Crippen LogP) is 4.53. The molecule has 1 aromatic carbocycles. The van der Waals surface area contributed by atoms with Gasteiger partial charge in [-0.05, 0) is 42.6 Å². The van der Waals surface area contributed by atoms with Crippen molar-refractivity contribution in [2.24, 2.45) is 5.92 Å². The fourth-order valence-corrected chi connectivity index (χ4v) is 2.93. The molecule has 0 fully saturated rings. The molecule has 0 spiro atoms. The highest BCUT2D eigenvalue weighted by Crippen LogP contribution is 2.32. The third kappa shape index (κ3) is 4.65. The Hall–Kier alpha value is 0.1000. The quantitative estimate of drug-likeness (QED) is 0.752. The van der Waals surface area contributed by atoms with Crippen LogP contribution in [0, 0.1) is 5.92 Å². The first-order chi connectivity index (χ1) is 8.60.